The Morgan fingerprint density at radius 3 is 2.15 bits per heavy atom. The molecule has 0 aromatic carbocycles. The summed E-state index contributed by atoms with van der Waals surface area (Å²) in [6, 6.07) is 1.39. The van der Waals surface area contributed by atoms with Gasteiger partial charge in [-0.25, -0.2) is 13.6 Å². The van der Waals surface area contributed by atoms with Crippen molar-refractivity contribution in [3.05, 3.63) is 26.9 Å². The molecular weight excluding hydrogens is 268 g/mol. The lowest BCUT2D eigenvalue weighted by molar-refractivity contribution is 0.0536. The van der Waals surface area contributed by atoms with Gasteiger partial charge in [-0.3, -0.25) is 13.9 Å². The standard InChI is InChI=1S/C13H17F2N3O2/c1-16-9(7-10(19)17(2)11(16)20)18-5-3-12(4-6-18)8-13(12,14)15/h7H,3-6,8H2,1-2H3. The molecule has 0 bridgehead atoms. The van der Waals surface area contributed by atoms with Gasteiger partial charge in [0, 0.05) is 45.1 Å². The van der Waals surface area contributed by atoms with Crippen molar-refractivity contribution in [3.8, 4) is 0 Å². The number of hydrogen-bond donors (Lipinski definition) is 0. The predicted octanol–water partition coefficient (Wildman–Crippen LogP) is 0.710. The van der Waals surface area contributed by atoms with Crippen molar-refractivity contribution in [1.29, 1.82) is 0 Å². The SMILES string of the molecule is Cn1c(N2CCC3(CC2)CC3(F)F)cc(=O)n(C)c1=O. The quantitative estimate of drug-likeness (QED) is 0.763. The fraction of sp³-hybridized carbons (Fsp3) is 0.692. The molecular formula is C13H17F2N3O2. The average molecular weight is 285 g/mol. The maximum atomic E-state index is 13.3. The zero-order chi connectivity index (χ0) is 14.7. The van der Waals surface area contributed by atoms with Gasteiger partial charge in [0.25, 0.3) is 11.5 Å². The van der Waals surface area contributed by atoms with Crippen LogP contribution in [-0.2, 0) is 14.1 Å². The number of alkyl halides is 2. The molecule has 0 unspecified atom stereocenters. The van der Waals surface area contributed by atoms with Crippen LogP contribution in [0.25, 0.3) is 0 Å². The van der Waals surface area contributed by atoms with Gasteiger partial charge in [-0.2, -0.15) is 0 Å². The summed E-state index contributed by atoms with van der Waals surface area (Å²) >= 11 is 0. The normalized spacial score (nSPS) is 23.1. The molecule has 1 aromatic heterocycles. The minimum Gasteiger partial charge on any atom is -0.358 e. The first-order valence-electron chi connectivity index (χ1n) is 6.67. The molecule has 3 rings (SSSR count). The molecule has 2 fully saturated rings. The largest absolute Gasteiger partial charge is 0.358 e. The third-order valence-corrected chi connectivity index (χ3v) is 4.76. The monoisotopic (exact) mass is 285 g/mol. The van der Waals surface area contributed by atoms with E-state index in [-0.39, 0.29) is 12.0 Å². The number of hydrogen-bond acceptors (Lipinski definition) is 3. The van der Waals surface area contributed by atoms with E-state index in [1.165, 1.54) is 17.7 Å². The second kappa shape index (κ2) is 3.93. The first-order chi connectivity index (χ1) is 9.27. The van der Waals surface area contributed by atoms with Gasteiger partial charge < -0.3 is 4.90 Å². The van der Waals surface area contributed by atoms with E-state index in [9.17, 15) is 18.4 Å². The summed E-state index contributed by atoms with van der Waals surface area (Å²) in [5, 5.41) is 0. The van der Waals surface area contributed by atoms with Crippen molar-refractivity contribution in [1.82, 2.24) is 9.13 Å². The van der Waals surface area contributed by atoms with Crippen LogP contribution in [0.3, 0.4) is 0 Å². The van der Waals surface area contributed by atoms with Crippen LogP contribution in [0.15, 0.2) is 15.7 Å². The Morgan fingerprint density at radius 2 is 1.65 bits per heavy atom. The van der Waals surface area contributed by atoms with Crippen LogP contribution in [-0.4, -0.2) is 28.1 Å². The van der Waals surface area contributed by atoms with Gasteiger partial charge in [0.1, 0.15) is 5.82 Å². The fourth-order valence-electron chi connectivity index (χ4n) is 3.11. The molecule has 0 N–H and O–H groups in total. The molecule has 5 nitrogen and oxygen atoms in total. The number of halogens is 2. The maximum Gasteiger partial charge on any atom is 0.332 e. The van der Waals surface area contributed by atoms with Crippen LogP contribution in [0.4, 0.5) is 14.6 Å². The van der Waals surface area contributed by atoms with E-state index < -0.39 is 17.0 Å². The van der Waals surface area contributed by atoms with Gasteiger partial charge >= 0.3 is 5.69 Å². The molecule has 2 heterocycles. The first kappa shape index (κ1) is 13.3. The van der Waals surface area contributed by atoms with Gasteiger partial charge in [-0.1, -0.05) is 0 Å². The van der Waals surface area contributed by atoms with E-state index in [1.807, 2.05) is 4.90 Å². The van der Waals surface area contributed by atoms with E-state index in [0.29, 0.717) is 31.7 Å². The van der Waals surface area contributed by atoms with Crippen molar-refractivity contribution in [2.45, 2.75) is 25.2 Å². The van der Waals surface area contributed by atoms with Crippen LogP contribution in [0.2, 0.25) is 0 Å². The number of anilines is 1. The molecule has 0 atom stereocenters. The van der Waals surface area contributed by atoms with E-state index in [0.717, 1.165) is 4.57 Å². The Kier molecular flexibility index (Phi) is 2.62. The topological polar surface area (TPSA) is 47.2 Å². The number of rotatable bonds is 1. The Labute approximate surface area is 114 Å². The predicted molar refractivity (Wildman–Crippen MR) is 70.4 cm³/mol. The smallest absolute Gasteiger partial charge is 0.332 e. The van der Waals surface area contributed by atoms with Crippen LogP contribution in [0.1, 0.15) is 19.3 Å². The number of piperidine rings is 1. The van der Waals surface area contributed by atoms with Gasteiger partial charge in [-0.05, 0) is 12.8 Å². The minimum atomic E-state index is -2.53. The number of aromatic nitrogens is 2. The highest BCUT2D eigenvalue weighted by molar-refractivity contribution is 5.39. The van der Waals surface area contributed by atoms with Crippen molar-refractivity contribution in [2.75, 3.05) is 18.0 Å². The lowest BCUT2D eigenvalue weighted by Crippen LogP contribution is -2.43. The first-order valence-corrected chi connectivity index (χ1v) is 6.67. The molecule has 1 saturated heterocycles. The molecule has 110 valence electrons. The molecule has 0 radical (unpaired) electrons. The minimum absolute atomic E-state index is 0.0245. The average Bonchev–Trinajstić information content (AvgIpc) is 2.93. The number of nitrogens with zero attached hydrogens (tertiary/aromatic N) is 3. The second-order valence-electron chi connectivity index (χ2n) is 5.89. The highest BCUT2D eigenvalue weighted by Gasteiger charge is 2.70. The summed E-state index contributed by atoms with van der Waals surface area (Å²) in [6.45, 7) is 0.909. The molecule has 20 heavy (non-hydrogen) atoms. The Bertz CT molecular complexity index is 669. The van der Waals surface area contributed by atoms with E-state index in [1.54, 1.807) is 7.05 Å². The molecule has 1 aliphatic carbocycles. The molecule has 7 heteroatoms. The Balaban J connectivity index is 1.86. The summed E-state index contributed by atoms with van der Waals surface area (Å²) < 4.78 is 29.1. The lowest BCUT2D eigenvalue weighted by atomic mass is 9.93. The molecule has 1 spiro atoms. The van der Waals surface area contributed by atoms with Crippen molar-refractivity contribution in [3.63, 3.8) is 0 Å². The zero-order valence-corrected chi connectivity index (χ0v) is 11.5. The van der Waals surface area contributed by atoms with Crippen LogP contribution < -0.4 is 16.1 Å². The third-order valence-electron chi connectivity index (χ3n) is 4.76. The molecule has 1 aromatic rings. The fourth-order valence-corrected chi connectivity index (χ4v) is 3.11. The maximum absolute atomic E-state index is 13.3. The van der Waals surface area contributed by atoms with Gasteiger partial charge in [0.2, 0.25) is 0 Å². The van der Waals surface area contributed by atoms with E-state index in [4.69, 9.17) is 0 Å². The highest BCUT2D eigenvalue weighted by atomic mass is 19.3. The van der Waals surface area contributed by atoms with Crippen LogP contribution in [0, 0.1) is 5.41 Å². The molecule has 0 amide bonds. The van der Waals surface area contributed by atoms with Crippen molar-refractivity contribution >= 4 is 5.82 Å². The summed E-state index contributed by atoms with van der Waals surface area (Å²) in [5.41, 5.74) is -1.60. The van der Waals surface area contributed by atoms with E-state index in [2.05, 4.69) is 0 Å². The molecule has 2 aliphatic rings. The molecule has 1 saturated carbocycles. The summed E-state index contributed by atoms with van der Waals surface area (Å²) in [7, 11) is 3.01. The van der Waals surface area contributed by atoms with Crippen molar-refractivity contribution in [2.24, 2.45) is 19.5 Å². The summed E-state index contributed by atoms with van der Waals surface area (Å²) in [5.74, 6) is -2.02. The summed E-state index contributed by atoms with van der Waals surface area (Å²) in [4.78, 5) is 25.4. The highest BCUT2D eigenvalue weighted by Crippen LogP contribution is 2.65. The second-order valence-corrected chi connectivity index (χ2v) is 5.89. The molecule has 1 aliphatic heterocycles. The Hall–Kier alpha value is -1.66. The van der Waals surface area contributed by atoms with Gasteiger partial charge in [-0.15, -0.1) is 0 Å². The third kappa shape index (κ3) is 1.72. The van der Waals surface area contributed by atoms with Gasteiger partial charge in [0.05, 0.1) is 0 Å². The van der Waals surface area contributed by atoms with Crippen molar-refractivity contribution < 1.29 is 8.78 Å². The Morgan fingerprint density at radius 1 is 1.10 bits per heavy atom. The van der Waals surface area contributed by atoms with Crippen LogP contribution >= 0.6 is 0 Å². The van der Waals surface area contributed by atoms with E-state index >= 15 is 0 Å². The summed E-state index contributed by atoms with van der Waals surface area (Å²) in [6.07, 6.45) is 0.788. The lowest BCUT2D eigenvalue weighted by Gasteiger charge is -2.34. The zero-order valence-electron chi connectivity index (χ0n) is 11.5. The van der Waals surface area contributed by atoms with Crippen LogP contribution in [0.5, 0.6) is 0 Å². The van der Waals surface area contributed by atoms with Gasteiger partial charge in [0.15, 0.2) is 0 Å².